The zero-order chi connectivity index (χ0) is 15.2. The Bertz CT molecular complexity index is 479. The standard InChI is InChI=1S/C16H25NO2S/c1-11(2)16(19)8-7-15(4,17-10-20)12-5-6-14(3,18)9-13(12)16/h9,11-12,18-19H,5-8H2,1-4H3/t12-,14-,15+,16+/m0/s1. The van der Waals surface area contributed by atoms with Gasteiger partial charge in [0.15, 0.2) is 0 Å². The van der Waals surface area contributed by atoms with Gasteiger partial charge in [-0.25, -0.2) is 4.99 Å². The third kappa shape index (κ3) is 2.50. The number of isothiocyanates is 1. The van der Waals surface area contributed by atoms with Crippen LogP contribution < -0.4 is 0 Å². The number of nitrogens with zero attached hydrogens (tertiary/aromatic N) is 1. The molecule has 20 heavy (non-hydrogen) atoms. The summed E-state index contributed by atoms with van der Waals surface area (Å²) >= 11 is 4.80. The molecule has 0 aromatic carbocycles. The van der Waals surface area contributed by atoms with Crippen LogP contribution in [0, 0.1) is 11.8 Å². The summed E-state index contributed by atoms with van der Waals surface area (Å²) in [6, 6.07) is 0. The van der Waals surface area contributed by atoms with Crippen LogP contribution in [-0.2, 0) is 0 Å². The highest BCUT2D eigenvalue weighted by atomic mass is 32.1. The Morgan fingerprint density at radius 1 is 1.30 bits per heavy atom. The Morgan fingerprint density at radius 2 is 1.95 bits per heavy atom. The van der Waals surface area contributed by atoms with E-state index in [4.69, 9.17) is 12.2 Å². The normalized spacial score (nSPS) is 44.5. The van der Waals surface area contributed by atoms with E-state index in [0.29, 0.717) is 12.8 Å². The van der Waals surface area contributed by atoms with Gasteiger partial charge in [0.25, 0.3) is 0 Å². The van der Waals surface area contributed by atoms with Gasteiger partial charge in [0, 0.05) is 5.92 Å². The van der Waals surface area contributed by atoms with Crippen LogP contribution in [0.15, 0.2) is 16.6 Å². The molecule has 1 fully saturated rings. The number of fused-ring (bicyclic) bond motifs is 1. The van der Waals surface area contributed by atoms with Crippen molar-refractivity contribution >= 4 is 17.4 Å². The highest BCUT2D eigenvalue weighted by Crippen LogP contribution is 2.53. The molecule has 0 aliphatic heterocycles. The van der Waals surface area contributed by atoms with Crippen LogP contribution >= 0.6 is 12.2 Å². The minimum absolute atomic E-state index is 0.117. The predicted octanol–water partition coefficient (Wildman–Crippen LogP) is 3.12. The second kappa shape index (κ2) is 5.03. The fraction of sp³-hybridized carbons (Fsp3) is 0.812. The van der Waals surface area contributed by atoms with Crippen molar-refractivity contribution in [2.75, 3.05) is 0 Å². The van der Waals surface area contributed by atoms with Crippen LogP contribution in [0.5, 0.6) is 0 Å². The van der Waals surface area contributed by atoms with Crippen LogP contribution in [0.3, 0.4) is 0 Å². The number of hydrogen-bond donors (Lipinski definition) is 2. The Morgan fingerprint density at radius 3 is 2.50 bits per heavy atom. The monoisotopic (exact) mass is 295 g/mol. The summed E-state index contributed by atoms with van der Waals surface area (Å²) in [7, 11) is 0. The van der Waals surface area contributed by atoms with Gasteiger partial charge >= 0.3 is 0 Å². The summed E-state index contributed by atoms with van der Waals surface area (Å²) in [6.07, 6.45) is 4.84. The number of aliphatic hydroxyl groups is 2. The van der Waals surface area contributed by atoms with E-state index >= 15 is 0 Å². The molecule has 2 aliphatic carbocycles. The molecule has 0 aromatic heterocycles. The van der Waals surface area contributed by atoms with E-state index in [9.17, 15) is 10.2 Å². The van der Waals surface area contributed by atoms with E-state index in [0.717, 1.165) is 18.4 Å². The van der Waals surface area contributed by atoms with Crippen molar-refractivity contribution in [2.45, 2.75) is 70.1 Å². The van der Waals surface area contributed by atoms with Gasteiger partial charge in [-0.15, -0.1) is 0 Å². The van der Waals surface area contributed by atoms with Gasteiger partial charge in [-0.2, -0.15) is 0 Å². The van der Waals surface area contributed by atoms with Gasteiger partial charge in [-0.1, -0.05) is 19.9 Å². The van der Waals surface area contributed by atoms with E-state index in [1.54, 1.807) is 0 Å². The lowest BCUT2D eigenvalue weighted by Gasteiger charge is -2.52. The molecule has 2 rings (SSSR count). The van der Waals surface area contributed by atoms with E-state index in [1.807, 2.05) is 26.8 Å². The van der Waals surface area contributed by atoms with Crippen LogP contribution in [0.1, 0.15) is 53.4 Å². The first kappa shape index (κ1) is 15.8. The van der Waals surface area contributed by atoms with Crippen LogP contribution in [0.4, 0.5) is 0 Å². The molecular formula is C16H25NO2S. The van der Waals surface area contributed by atoms with Crippen molar-refractivity contribution in [3.05, 3.63) is 11.6 Å². The molecule has 0 radical (unpaired) electrons. The Hall–Kier alpha value is -0.540. The highest BCUT2D eigenvalue weighted by molar-refractivity contribution is 7.78. The molecule has 2 N–H and O–H groups in total. The maximum Gasteiger partial charge on any atom is 0.0885 e. The molecule has 4 heteroatoms. The first-order valence-electron chi connectivity index (χ1n) is 7.42. The zero-order valence-electron chi connectivity index (χ0n) is 12.8. The minimum Gasteiger partial charge on any atom is -0.386 e. The second-order valence-corrected chi connectivity index (χ2v) is 7.37. The molecule has 0 amide bonds. The average molecular weight is 295 g/mol. The van der Waals surface area contributed by atoms with Crippen LogP contribution in [-0.4, -0.2) is 32.1 Å². The fourth-order valence-electron chi connectivity index (χ4n) is 3.79. The minimum atomic E-state index is -0.842. The van der Waals surface area contributed by atoms with Gasteiger partial charge in [0.2, 0.25) is 0 Å². The molecule has 0 unspecified atom stereocenters. The molecule has 0 saturated heterocycles. The maximum absolute atomic E-state index is 11.1. The summed E-state index contributed by atoms with van der Waals surface area (Å²) in [4.78, 5) is 4.40. The van der Waals surface area contributed by atoms with E-state index < -0.39 is 11.2 Å². The third-order valence-electron chi connectivity index (χ3n) is 5.30. The van der Waals surface area contributed by atoms with Crippen molar-refractivity contribution in [2.24, 2.45) is 16.8 Å². The quantitative estimate of drug-likeness (QED) is 0.467. The first-order chi connectivity index (χ1) is 9.15. The summed E-state index contributed by atoms with van der Waals surface area (Å²) in [5, 5.41) is 24.0. The summed E-state index contributed by atoms with van der Waals surface area (Å²) in [5.74, 6) is 0.255. The molecule has 2 aliphatic rings. The average Bonchev–Trinajstić information content (AvgIpc) is 2.33. The predicted molar refractivity (Wildman–Crippen MR) is 83.9 cm³/mol. The molecular weight excluding hydrogens is 270 g/mol. The maximum atomic E-state index is 11.1. The van der Waals surface area contributed by atoms with Crippen molar-refractivity contribution in [3.63, 3.8) is 0 Å². The summed E-state index contributed by atoms with van der Waals surface area (Å²) in [6.45, 7) is 7.97. The van der Waals surface area contributed by atoms with Crippen LogP contribution in [0.2, 0.25) is 0 Å². The van der Waals surface area contributed by atoms with Gasteiger partial charge in [-0.3, -0.25) is 0 Å². The van der Waals surface area contributed by atoms with Gasteiger partial charge in [0.1, 0.15) is 0 Å². The molecule has 0 bridgehead atoms. The molecule has 3 nitrogen and oxygen atoms in total. The van der Waals surface area contributed by atoms with Gasteiger partial charge in [0.05, 0.1) is 21.9 Å². The molecule has 0 spiro atoms. The number of aliphatic imine (C=N–C) groups is 1. The van der Waals surface area contributed by atoms with Crippen molar-refractivity contribution in [3.8, 4) is 0 Å². The van der Waals surface area contributed by atoms with E-state index in [-0.39, 0.29) is 17.4 Å². The molecule has 0 aromatic rings. The molecule has 4 atom stereocenters. The molecule has 1 saturated carbocycles. The van der Waals surface area contributed by atoms with Crippen molar-refractivity contribution < 1.29 is 10.2 Å². The lowest BCUT2D eigenvalue weighted by atomic mass is 9.57. The number of rotatable bonds is 2. The summed E-state index contributed by atoms with van der Waals surface area (Å²) in [5.41, 5.74) is -1.03. The Balaban J connectivity index is 2.53. The smallest absolute Gasteiger partial charge is 0.0885 e. The molecule has 0 heterocycles. The van der Waals surface area contributed by atoms with Crippen molar-refractivity contribution in [1.82, 2.24) is 0 Å². The lowest BCUT2D eigenvalue weighted by Crippen LogP contribution is -2.54. The summed E-state index contributed by atoms with van der Waals surface area (Å²) < 4.78 is 0. The van der Waals surface area contributed by atoms with E-state index in [1.165, 1.54) is 0 Å². The first-order valence-corrected chi connectivity index (χ1v) is 7.82. The molecule has 112 valence electrons. The van der Waals surface area contributed by atoms with Gasteiger partial charge in [-0.05, 0) is 63.2 Å². The number of hydrogen-bond acceptors (Lipinski definition) is 4. The Labute approximate surface area is 126 Å². The highest BCUT2D eigenvalue weighted by Gasteiger charge is 2.53. The van der Waals surface area contributed by atoms with Crippen molar-refractivity contribution in [1.29, 1.82) is 0 Å². The van der Waals surface area contributed by atoms with E-state index in [2.05, 4.69) is 17.1 Å². The number of thiocarbonyl (C=S) groups is 1. The zero-order valence-corrected chi connectivity index (χ0v) is 13.6. The fourth-order valence-corrected chi connectivity index (χ4v) is 4.00. The second-order valence-electron chi connectivity index (χ2n) is 7.19. The lowest BCUT2D eigenvalue weighted by molar-refractivity contribution is -0.0355. The topological polar surface area (TPSA) is 52.8 Å². The largest absolute Gasteiger partial charge is 0.386 e. The van der Waals surface area contributed by atoms with Crippen LogP contribution in [0.25, 0.3) is 0 Å². The SMILES string of the molecule is CC(C)[C@]1(O)CC[C@@](C)(N=C=S)[C@H]2CC[C@](C)(O)C=C21. The third-order valence-corrected chi connectivity index (χ3v) is 5.39. The van der Waals surface area contributed by atoms with Gasteiger partial charge < -0.3 is 10.2 Å². The Kier molecular flexibility index (Phi) is 3.98.